The fourth-order valence-corrected chi connectivity index (χ4v) is 2.75. The summed E-state index contributed by atoms with van der Waals surface area (Å²) in [7, 11) is 0. The number of ether oxygens (including phenoxy) is 1. The highest BCUT2D eigenvalue weighted by Gasteiger charge is 2.22. The van der Waals surface area contributed by atoms with Crippen molar-refractivity contribution in [2.24, 2.45) is 5.73 Å². The van der Waals surface area contributed by atoms with E-state index in [1.807, 2.05) is 13.8 Å². The highest BCUT2D eigenvalue weighted by atomic mass is 32.1. The number of nitrogens with one attached hydrogen (secondary N) is 1. The summed E-state index contributed by atoms with van der Waals surface area (Å²) >= 11 is 1.43. The SMILES string of the molecule is CC1CC(NC(=O)c2csc(C(C)N)n2)CCO1. The molecular weight excluding hydrogens is 250 g/mol. The normalized spacial score (nSPS) is 25.7. The molecule has 0 spiro atoms. The first-order chi connectivity index (χ1) is 8.56. The molecular formula is C12H19N3O2S. The van der Waals surface area contributed by atoms with Crippen LogP contribution in [0.25, 0.3) is 0 Å². The van der Waals surface area contributed by atoms with E-state index in [4.69, 9.17) is 10.5 Å². The van der Waals surface area contributed by atoms with Crippen LogP contribution in [0, 0.1) is 0 Å². The Morgan fingerprint density at radius 3 is 3.11 bits per heavy atom. The van der Waals surface area contributed by atoms with Crippen LogP contribution in [0.3, 0.4) is 0 Å². The fourth-order valence-electron chi connectivity index (χ4n) is 1.99. The first kappa shape index (κ1) is 13.5. The van der Waals surface area contributed by atoms with Crippen LogP contribution in [0.2, 0.25) is 0 Å². The van der Waals surface area contributed by atoms with E-state index in [2.05, 4.69) is 10.3 Å². The van der Waals surface area contributed by atoms with Gasteiger partial charge in [0.05, 0.1) is 12.1 Å². The van der Waals surface area contributed by atoms with Crippen LogP contribution in [-0.4, -0.2) is 29.6 Å². The molecule has 0 aliphatic carbocycles. The van der Waals surface area contributed by atoms with Crippen molar-refractivity contribution in [2.75, 3.05) is 6.61 Å². The third-order valence-corrected chi connectivity index (χ3v) is 4.01. The van der Waals surface area contributed by atoms with Gasteiger partial charge in [0.15, 0.2) is 0 Å². The maximum Gasteiger partial charge on any atom is 0.270 e. The average molecular weight is 269 g/mol. The van der Waals surface area contributed by atoms with Gasteiger partial charge in [0.25, 0.3) is 5.91 Å². The van der Waals surface area contributed by atoms with Crippen molar-refractivity contribution < 1.29 is 9.53 Å². The number of nitrogens with zero attached hydrogens (tertiary/aromatic N) is 1. The van der Waals surface area contributed by atoms with Crippen molar-refractivity contribution in [3.63, 3.8) is 0 Å². The number of thiazole rings is 1. The minimum atomic E-state index is -0.125. The highest BCUT2D eigenvalue weighted by molar-refractivity contribution is 7.09. The lowest BCUT2D eigenvalue weighted by Crippen LogP contribution is -2.41. The summed E-state index contributed by atoms with van der Waals surface area (Å²) < 4.78 is 5.45. The van der Waals surface area contributed by atoms with Gasteiger partial charge >= 0.3 is 0 Å². The molecule has 3 unspecified atom stereocenters. The fraction of sp³-hybridized carbons (Fsp3) is 0.667. The predicted molar refractivity (Wildman–Crippen MR) is 70.6 cm³/mol. The number of hydrogen-bond donors (Lipinski definition) is 2. The molecule has 0 bridgehead atoms. The van der Waals surface area contributed by atoms with Gasteiger partial charge in [0.2, 0.25) is 0 Å². The van der Waals surface area contributed by atoms with Gasteiger partial charge < -0.3 is 15.8 Å². The van der Waals surface area contributed by atoms with E-state index in [1.165, 1.54) is 11.3 Å². The van der Waals surface area contributed by atoms with Gasteiger partial charge in [-0.05, 0) is 26.7 Å². The lowest BCUT2D eigenvalue weighted by molar-refractivity contribution is 0.0136. The molecule has 0 saturated carbocycles. The summed E-state index contributed by atoms with van der Waals surface area (Å²) in [5, 5.41) is 5.56. The van der Waals surface area contributed by atoms with Gasteiger partial charge in [-0.2, -0.15) is 0 Å². The zero-order valence-electron chi connectivity index (χ0n) is 10.7. The van der Waals surface area contributed by atoms with E-state index in [0.29, 0.717) is 12.3 Å². The first-order valence-corrected chi connectivity index (χ1v) is 7.07. The molecule has 2 rings (SSSR count). The molecule has 18 heavy (non-hydrogen) atoms. The molecule has 1 aliphatic heterocycles. The molecule has 1 aliphatic rings. The predicted octanol–water partition coefficient (Wildman–Crippen LogP) is 1.46. The molecule has 1 aromatic rings. The van der Waals surface area contributed by atoms with Crippen molar-refractivity contribution in [2.45, 2.75) is 44.9 Å². The first-order valence-electron chi connectivity index (χ1n) is 6.19. The monoisotopic (exact) mass is 269 g/mol. The lowest BCUT2D eigenvalue weighted by Gasteiger charge is -2.27. The van der Waals surface area contributed by atoms with E-state index in [0.717, 1.165) is 17.8 Å². The Kier molecular flexibility index (Phi) is 4.31. The quantitative estimate of drug-likeness (QED) is 0.871. The second-order valence-corrected chi connectivity index (χ2v) is 5.63. The average Bonchev–Trinajstić information content (AvgIpc) is 2.78. The van der Waals surface area contributed by atoms with Gasteiger partial charge in [-0.15, -0.1) is 11.3 Å². The Labute approximate surface area is 111 Å². The molecule has 1 amide bonds. The molecule has 0 radical (unpaired) electrons. The van der Waals surface area contributed by atoms with Crippen LogP contribution in [-0.2, 0) is 4.74 Å². The van der Waals surface area contributed by atoms with Gasteiger partial charge in [-0.3, -0.25) is 4.79 Å². The van der Waals surface area contributed by atoms with E-state index in [-0.39, 0.29) is 24.1 Å². The zero-order chi connectivity index (χ0) is 13.1. The summed E-state index contributed by atoms with van der Waals surface area (Å²) in [6.45, 7) is 4.59. The Morgan fingerprint density at radius 1 is 1.72 bits per heavy atom. The Morgan fingerprint density at radius 2 is 2.50 bits per heavy atom. The summed E-state index contributed by atoms with van der Waals surface area (Å²) in [5.74, 6) is -0.114. The number of carbonyl (C=O) groups is 1. The second-order valence-electron chi connectivity index (χ2n) is 4.74. The minimum Gasteiger partial charge on any atom is -0.378 e. The number of aromatic nitrogens is 1. The van der Waals surface area contributed by atoms with E-state index in [1.54, 1.807) is 5.38 Å². The van der Waals surface area contributed by atoms with Crippen LogP contribution in [0.5, 0.6) is 0 Å². The summed E-state index contributed by atoms with van der Waals surface area (Å²) in [6.07, 6.45) is 1.93. The van der Waals surface area contributed by atoms with Gasteiger partial charge in [-0.1, -0.05) is 0 Å². The largest absolute Gasteiger partial charge is 0.378 e. The third-order valence-electron chi connectivity index (χ3n) is 2.96. The lowest BCUT2D eigenvalue weighted by atomic mass is 10.0. The Balaban J connectivity index is 1.94. The molecule has 6 heteroatoms. The highest BCUT2D eigenvalue weighted by Crippen LogP contribution is 2.17. The van der Waals surface area contributed by atoms with Crippen LogP contribution >= 0.6 is 11.3 Å². The van der Waals surface area contributed by atoms with Crippen LogP contribution in [0.15, 0.2) is 5.38 Å². The standard InChI is InChI=1S/C12H19N3O2S/c1-7-5-9(3-4-17-7)14-11(16)10-6-18-12(15-10)8(2)13/h6-9H,3-5,13H2,1-2H3,(H,14,16). The number of amides is 1. The van der Waals surface area contributed by atoms with Crippen molar-refractivity contribution in [1.29, 1.82) is 0 Å². The molecule has 100 valence electrons. The molecule has 0 aromatic carbocycles. The van der Waals surface area contributed by atoms with E-state index >= 15 is 0 Å². The van der Waals surface area contributed by atoms with Crippen LogP contribution in [0.4, 0.5) is 0 Å². The maximum atomic E-state index is 12.0. The number of carbonyl (C=O) groups excluding carboxylic acids is 1. The summed E-state index contributed by atoms with van der Waals surface area (Å²) in [4.78, 5) is 16.3. The molecule has 5 nitrogen and oxygen atoms in total. The number of hydrogen-bond acceptors (Lipinski definition) is 5. The smallest absolute Gasteiger partial charge is 0.270 e. The summed E-state index contributed by atoms with van der Waals surface area (Å²) in [5.41, 5.74) is 6.19. The minimum absolute atomic E-state index is 0.114. The maximum absolute atomic E-state index is 12.0. The van der Waals surface area contributed by atoms with Gasteiger partial charge in [-0.25, -0.2) is 4.98 Å². The summed E-state index contributed by atoms with van der Waals surface area (Å²) in [6, 6.07) is 0.0568. The molecule has 2 heterocycles. The van der Waals surface area contributed by atoms with E-state index < -0.39 is 0 Å². The van der Waals surface area contributed by atoms with Crippen LogP contribution < -0.4 is 11.1 Å². The zero-order valence-corrected chi connectivity index (χ0v) is 11.5. The van der Waals surface area contributed by atoms with Crippen molar-refractivity contribution in [3.8, 4) is 0 Å². The van der Waals surface area contributed by atoms with Gasteiger partial charge in [0, 0.05) is 18.0 Å². The Hall–Kier alpha value is -0.980. The number of rotatable bonds is 3. The number of nitrogens with two attached hydrogens (primary N) is 1. The van der Waals surface area contributed by atoms with Crippen molar-refractivity contribution in [1.82, 2.24) is 10.3 Å². The third kappa shape index (κ3) is 3.28. The van der Waals surface area contributed by atoms with Crippen LogP contribution in [0.1, 0.15) is 48.2 Å². The van der Waals surface area contributed by atoms with E-state index in [9.17, 15) is 4.79 Å². The topological polar surface area (TPSA) is 77.2 Å². The van der Waals surface area contributed by atoms with Gasteiger partial charge in [0.1, 0.15) is 10.7 Å². The molecule has 3 atom stereocenters. The molecule has 1 saturated heterocycles. The second kappa shape index (κ2) is 5.77. The molecule has 1 aromatic heterocycles. The van der Waals surface area contributed by atoms with Crippen molar-refractivity contribution >= 4 is 17.2 Å². The van der Waals surface area contributed by atoms with Crippen molar-refractivity contribution in [3.05, 3.63) is 16.1 Å². The Bertz CT molecular complexity index is 419. The molecule has 1 fully saturated rings. The molecule has 3 N–H and O–H groups in total.